The molecule has 0 spiro atoms. The second kappa shape index (κ2) is 10.2. The Labute approximate surface area is 203 Å². The second-order valence-electron chi connectivity index (χ2n) is 6.92. The lowest BCUT2D eigenvalue weighted by Gasteiger charge is -2.17. The van der Waals surface area contributed by atoms with Crippen molar-refractivity contribution in [3.8, 4) is 17.1 Å². The molecule has 1 aromatic carbocycles. The van der Waals surface area contributed by atoms with Crippen LogP contribution in [-0.2, 0) is 0 Å². The van der Waals surface area contributed by atoms with Gasteiger partial charge in [-0.15, -0.1) is 0 Å². The molecule has 0 aliphatic rings. The molecule has 9 nitrogen and oxygen atoms in total. The predicted molar refractivity (Wildman–Crippen MR) is 130 cm³/mol. The lowest BCUT2D eigenvalue weighted by Crippen LogP contribution is -2.19. The Balaban J connectivity index is 1.73. The summed E-state index contributed by atoms with van der Waals surface area (Å²) < 4.78 is 19.8. The fourth-order valence-electron chi connectivity index (χ4n) is 3.15. The number of rotatable bonds is 7. The molecule has 0 saturated heterocycles. The van der Waals surface area contributed by atoms with Gasteiger partial charge in [0.15, 0.2) is 17.4 Å². The lowest BCUT2D eigenvalue weighted by molar-refractivity contribution is 0.0963. The van der Waals surface area contributed by atoms with Gasteiger partial charge >= 0.3 is 0 Å². The Morgan fingerprint density at radius 3 is 2.38 bits per heavy atom. The van der Waals surface area contributed by atoms with Crippen LogP contribution in [0, 0.1) is 5.82 Å². The first-order valence-corrected chi connectivity index (χ1v) is 10.8. The van der Waals surface area contributed by atoms with Crippen LogP contribution in [0.4, 0.5) is 27.4 Å². The molecular weight excluding hydrogens is 505 g/mol. The van der Waals surface area contributed by atoms with Crippen molar-refractivity contribution in [2.24, 2.45) is 0 Å². The SMILES string of the molecule is CNC(=O)c1cnc(Nc2ccc(Br)cn2)cc1Nc1cccc(-c2ncc(F)cn2)c1OC. The number of carbonyl (C=O) groups is 1. The van der Waals surface area contributed by atoms with Gasteiger partial charge < -0.3 is 20.7 Å². The number of ether oxygens (including phenoxy) is 1. The number of methoxy groups -OCH3 is 1. The van der Waals surface area contributed by atoms with Crippen LogP contribution < -0.4 is 20.7 Å². The number of anilines is 4. The van der Waals surface area contributed by atoms with Crippen molar-refractivity contribution >= 4 is 44.8 Å². The van der Waals surface area contributed by atoms with Gasteiger partial charge in [0.05, 0.1) is 42.0 Å². The monoisotopic (exact) mass is 523 g/mol. The maximum absolute atomic E-state index is 13.3. The fraction of sp³-hybridized carbons (Fsp3) is 0.0870. The van der Waals surface area contributed by atoms with E-state index in [2.05, 4.69) is 51.8 Å². The van der Waals surface area contributed by atoms with E-state index in [1.54, 1.807) is 36.5 Å². The Morgan fingerprint density at radius 2 is 1.71 bits per heavy atom. The highest BCUT2D eigenvalue weighted by molar-refractivity contribution is 9.10. The van der Waals surface area contributed by atoms with E-state index in [9.17, 15) is 9.18 Å². The molecule has 0 unspecified atom stereocenters. The van der Waals surface area contributed by atoms with Crippen LogP contribution in [0.15, 0.2) is 65.7 Å². The summed E-state index contributed by atoms with van der Waals surface area (Å²) in [6, 6.07) is 10.6. The molecular formula is C23H19BrFN7O2. The molecule has 3 aromatic heterocycles. The van der Waals surface area contributed by atoms with E-state index in [1.165, 1.54) is 20.4 Å². The van der Waals surface area contributed by atoms with Gasteiger partial charge in [-0.3, -0.25) is 4.79 Å². The number of benzene rings is 1. The molecule has 3 heterocycles. The number of carbonyl (C=O) groups excluding carboxylic acids is 1. The van der Waals surface area contributed by atoms with Gasteiger partial charge in [-0.2, -0.15) is 0 Å². The average Bonchev–Trinajstić information content (AvgIpc) is 2.85. The maximum atomic E-state index is 13.3. The topological polar surface area (TPSA) is 114 Å². The van der Waals surface area contributed by atoms with Crippen LogP contribution in [0.1, 0.15) is 10.4 Å². The van der Waals surface area contributed by atoms with Gasteiger partial charge in [0, 0.05) is 30.0 Å². The molecule has 172 valence electrons. The summed E-state index contributed by atoms with van der Waals surface area (Å²) in [6.45, 7) is 0. The third-order valence-corrected chi connectivity index (χ3v) is 5.18. The standard InChI is InChI=1S/C23H19BrFN7O2/c1-26-23(33)16-12-28-20(32-19-7-6-13(24)9-27-19)8-18(16)31-17-5-3-4-15(21(17)34-2)22-29-10-14(25)11-30-22/h3-12H,1-2H3,(H,26,33)(H2,27,28,31,32). The summed E-state index contributed by atoms with van der Waals surface area (Å²) in [5.74, 6) is 0.929. The number of amides is 1. The fourth-order valence-corrected chi connectivity index (χ4v) is 3.39. The number of nitrogens with zero attached hydrogens (tertiary/aromatic N) is 4. The first-order chi connectivity index (χ1) is 16.5. The molecule has 0 fully saturated rings. The van der Waals surface area contributed by atoms with Crippen LogP contribution in [0.25, 0.3) is 11.4 Å². The predicted octanol–water partition coefficient (Wildman–Crippen LogP) is 4.69. The minimum atomic E-state index is -0.538. The number of halogens is 2. The Bertz CT molecular complexity index is 1320. The summed E-state index contributed by atoms with van der Waals surface area (Å²) in [7, 11) is 3.04. The summed E-state index contributed by atoms with van der Waals surface area (Å²) in [4.78, 5) is 29.2. The van der Waals surface area contributed by atoms with Crippen molar-refractivity contribution in [1.29, 1.82) is 0 Å². The van der Waals surface area contributed by atoms with Crippen LogP contribution in [0.5, 0.6) is 5.75 Å². The van der Waals surface area contributed by atoms with Crippen molar-refractivity contribution < 1.29 is 13.9 Å². The Kier molecular flexibility index (Phi) is 6.93. The normalized spacial score (nSPS) is 10.5. The molecule has 4 aromatic rings. The lowest BCUT2D eigenvalue weighted by atomic mass is 10.1. The van der Waals surface area contributed by atoms with E-state index in [4.69, 9.17) is 4.74 Å². The number of pyridine rings is 2. The third-order valence-electron chi connectivity index (χ3n) is 4.71. The summed E-state index contributed by atoms with van der Waals surface area (Å²) in [5.41, 5.74) is 1.91. The molecule has 0 bridgehead atoms. The van der Waals surface area contributed by atoms with Gasteiger partial charge in [-0.05, 0) is 40.2 Å². The summed E-state index contributed by atoms with van der Waals surface area (Å²) >= 11 is 3.35. The molecule has 0 aliphatic heterocycles. The number of hydrogen-bond acceptors (Lipinski definition) is 8. The van der Waals surface area contributed by atoms with E-state index in [0.29, 0.717) is 45.7 Å². The van der Waals surface area contributed by atoms with Gasteiger partial charge in [0.1, 0.15) is 11.6 Å². The van der Waals surface area contributed by atoms with Crippen molar-refractivity contribution in [1.82, 2.24) is 25.3 Å². The van der Waals surface area contributed by atoms with Gasteiger partial charge in [0.25, 0.3) is 5.91 Å². The molecule has 3 N–H and O–H groups in total. The molecule has 0 atom stereocenters. The molecule has 4 rings (SSSR count). The third kappa shape index (κ3) is 5.09. The quantitative estimate of drug-likeness (QED) is 0.319. The first-order valence-electron chi connectivity index (χ1n) is 10.0. The summed E-state index contributed by atoms with van der Waals surface area (Å²) in [5, 5.41) is 8.96. The first kappa shape index (κ1) is 23.1. The molecule has 11 heteroatoms. The molecule has 34 heavy (non-hydrogen) atoms. The van der Waals surface area contributed by atoms with Crippen molar-refractivity contribution in [3.05, 3.63) is 77.0 Å². The van der Waals surface area contributed by atoms with Crippen LogP contribution in [-0.4, -0.2) is 40.0 Å². The zero-order valence-electron chi connectivity index (χ0n) is 18.1. The molecule has 0 radical (unpaired) electrons. The minimum Gasteiger partial charge on any atom is -0.494 e. The van der Waals surface area contributed by atoms with Crippen LogP contribution in [0.2, 0.25) is 0 Å². The van der Waals surface area contributed by atoms with Gasteiger partial charge in [-0.1, -0.05) is 6.07 Å². The average molecular weight is 524 g/mol. The van der Waals surface area contributed by atoms with E-state index in [0.717, 1.165) is 16.9 Å². The van der Waals surface area contributed by atoms with Crippen molar-refractivity contribution in [2.45, 2.75) is 0 Å². The maximum Gasteiger partial charge on any atom is 0.254 e. The van der Waals surface area contributed by atoms with E-state index >= 15 is 0 Å². The molecule has 0 saturated carbocycles. The molecule has 1 amide bonds. The van der Waals surface area contributed by atoms with E-state index < -0.39 is 5.82 Å². The highest BCUT2D eigenvalue weighted by Crippen LogP contribution is 2.37. The van der Waals surface area contributed by atoms with Crippen molar-refractivity contribution in [3.63, 3.8) is 0 Å². The molecule has 0 aliphatic carbocycles. The van der Waals surface area contributed by atoms with Gasteiger partial charge in [-0.25, -0.2) is 24.3 Å². The van der Waals surface area contributed by atoms with E-state index in [1.807, 2.05) is 6.07 Å². The minimum absolute atomic E-state index is 0.298. The zero-order valence-corrected chi connectivity index (χ0v) is 19.7. The summed E-state index contributed by atoms with van der Waals surface area (Å²) in [6.07, 6.45) is 5.29. The van der Waals surface area contributed by atoms with Gasteiger partial charge in [0.2, 0.25) is 0 Å². The van der Waals surface area contributed by atoms with Crippen LogP contribution >= 0.6 is 15.9 Å². The Hall–Kier alpha value is -4.12. The smallest absolute Gasteiger partial charge is 0.254 e. The number of aromatic nitrogens is 4. The van der Waals surface area contributed by atoms with Crippen LogP contribution in [0.3, 0.4) is 0 Å². The van der Waals surface area contributed by atoms with Crippen molar-refractivity contribution in [2.75, 3.05) is 24.8 Å². The Morgan fingerprint density at radius 1 is 0.941 bits per heavy atom. The zero-order chi connectivity index (χ0) is 24.1. The number of hydrogen-bond donors (Lipinski definition) is 3. The largest absolute Gasteiger partial charge is 0.494 e. The second-order valence-corrected chi connectivity index (χ2v) is 7.83. The highest BCUT2D eigenvalue weighted by atomic mass is 79.9. The number of nitrogens with one attached hydrogen (secondary N) is 3. The highest BCUT2D eigenvalue weighted by Gasteiger charge is 2.17. The van der Waals surface area contributed by atoms with E-state index in [-0.39, 0.29) is 5.91 Å². The number of para-hydroxylation sites is 1.